The van der Waals surface area contributed by atoms with Gasteiger partial charge in [-0.05, 0) is 55.6 Å². The number of carbonyl (C=O) groups is 1. The zero-order valence-corrected chi connectivity index (χ0v) is 13.3. The third-order valence-electron chi connectivity index (χ3n) is 3.08. The van der Waals surface area contributed by atoms with E-state index in [0.717, 1.165) is 33.1 Å². The van der Waals surface area contributed by atoms with E-state index >= 15 is 0 Å². The summed E-state index contributed by atoms with van der Waals surface area (Å²) in [5.74, 6) is 0.840. The standard InChI is InChI=1S/C14H18N4O2S/c1-8-5-11(6-9(2)13(8)20-4)16-14(19)15-7-12-10(3)17-18-21-12/h5-6H,7H2,1-4H3,(H2,15,16,19). The summed E-state index contributed by atoms with van der Waals surface area (Å²) in [7, 11) is 1.64. The van der Waals surface area contributed by atoms with Crippen LogP contribution in [0.15, 0.2) is 12.1 Å². The molecular formula is C14H18N4O2S. The van der Waals surface area contributed by atoms with E-state index in [2.05, 4.69) is 20.2 Å². The molecule has 112 valence electrons. The number of rotatable bonds is 4. The Morgan fingerprint density at radius 3 is 2.48 bits per heavy atom. The van der Waals surface area contributed by atoms with E-state index in [1.54, 1.807) is 7.11 Å². The minimum Gasteiger partial charge on any atom is -0.496 e. The lowest BCUT2D eigenvalue weighted by atomic mass is 10.1. The highest BCUT2D eigenvalue weighted by molar-refractivity contribution is 7.05. The summed E-state index contributed by atoms with van der Waals surface area (Å²) in [5.41, 5.74) is 3.55. The lowest BCUT2D eigenvalue weighted by molar-refractivity contribution is 0.252. The van der Waals surface area contributed by atoms with Crippen LogP contribution in [0.4, 0.5) is 10.5 Å². The number of amides is 2. The molecule has 2 aromatic rings. The van der Waals surface area contributed by atoms with Gasteiger partial charge in [-0.25, -0.2) is 4.79 Å². The van der Waals surface area contributed by atoms with Crippen molar-refractivity contribution in [2.45, 2.75) is 27.3 Å². The molecule has 2 amide bonds. The van der Waals surface area contributed by atoms with Gasteiger partial charge in [-0.2, -0.15) is 0 Å². The van der Waals surface area contributed by atoms with Gasteiger partial charge in [0.15, 0.2) is 0 Å². The number of nitrogens with zero attached hydrogens (tertiary/aromatic N) is 2. The van der Waals surface area contributed by atoms with Crippen molar-refractivity contribution in [1.82, 2.24) is 14.9 Å². The molecule has 0 bridgehead atoms. The third-order valence-corrected chi connectivity index (χ3v) is 3.90. The van der Waals surface area contributed by atoms with Gasteiger partial charge >= 0.3 is 6.03 Å². The summed E-state index contributed by atoms with van der Waals surface area (Å²) in [6, 6.07) is 3.50. The minimum atomic E-state index is -0.258. The average molecular weight is 306 g/mol. The third kappa shape index (κ3) is 3.69. The van der Waals surface area contributed by atoms with Crippen LogP contribution in [0.1, 0.15) is 21.7 Å². The van der Waals surface area contributed by atoms with E-state index in [-0.39, 0.29) is 6.03 Å². The van der Waals surface area contributed by atoms with Gasteiger partial charge in [0.1, 0.15) is 5.75 Å². The molecule has 0 fully saturated rings. The van der Waals surface area contributed by atoms with Crippen LogP contribution in [0.5, 0.6) is 5.75 Å². The van der Waals surface area contributed by atoms with Crippen LogP contribution in [-0.2, 0) is 6.54 Å². The Hall–Kier alpha value is -2.15. The maximum absolute atomic E-state index is 11.9. The monoisotopic (exact) mass is 306 g/mol. The number of urea groups is 1. The Bertz CT molecular complexity index is 631. The summed E-state index contributed by atoms with van der Waals surface area (Å²) >= 11 is 1.29. The van der Waals surface area contributed by atoms with Crippen LogP contribution in [0.2, 0.25) is 0 Å². The zero-order chi connectivity index (χ0) is 15.4. The van der Waals surface area contributed by atoms with Crippen molar-refractivity contribution in [1.29, 1.82) is 0 Å². The van der Waals surface area contributed by atoms with Crippen molar-refractivity contribution in [3.63, 3.8) is 0 Å². The summed E-state index contributed by atoms with van der Waals surface area (Å²) in [6.45, 7) is 6.18. The number of carbonyl (C=O) groups excluding carboxylic acids is 1. The Morgan fingerprint density at radius 2 is 1.95 bits per heavy atom. The van der Waals surface area contributed by atoms with Gasteiger partial charge in [-0.15, -0.1) is 5.10 Å². The summed E-state index contributed by atoms with van der Waals surface area (Å²) in [5, 5.41) is 9.51. The largest absolute Gasteiger partial charge is 0.496 e. The van der Waals surface area contributed by atoms with E-state index in [9.17, 15) is 4.79 Å². The predicted octanol–water partition coefficient (Wildman–Crippen LogP) is 2.79. The first kappa shape index (κ1) is 15.2. The molecule has 0 saturated carbocycles. The number of aryl methyl sites for hydroxylation is 3. The Kier molecular flexibility index (Phi) is 4.74. The Morgan fingerprint density at radius 1 is 1.29 bits per heavy atom. The van der Waals surface area contributed by atoms with Gasteiger partial charge in [0.05, 0.1) is 24.2 Å². The average Bonchev–Trinajstić information content (AvgIpc) is 2.81. The second-order valence-corrected chi connectivity index (χ2v) is 5.57. The fraction of sp³-hybridized carbons (Fsp3) is 0.357. The van der Waals surface area contributed by atoms with Gasteiger partial charge in [0.25, 0.3) is 0 Å². The molecule has 6 nitrogen and oxygen atoms in total. The topological polar surface area (TPSA) is 76.1 Å². The molecule has 0 aliphatic rings. The first-order valence-corrected chi connectivity index (χ1v) is 7.26. The second kappa shape index (κ2) is 6.53. The number of ether oxygens (including phenoxy) is 1. The molecule has 0 saturated heterocycles. The fourth-order valence-corrected chi connectivity index (χ4v) is 2.66. The molecule has 0 spiro atoms. The molecule has 0 unspecified atom stereocenters. The van der Waals surface area contributed by atoms with Crippen LogP contribution in [0.3, 0.4) is 0 Å². The number of hydrogen-bond donors (Lipinski definition) is 2. The van der Waals surface area contributed by atoms with Gasteiger partial charge in [-0.1, -0.05) is 4.49 Å². The molecule has 1 heterocycles. The number of anilines is 1. The second-order valence-electron chi connectivity index (χ2n) is 4.73. The van der Waals surface area contributed by atoms with Crippen molar-refractivity contribution in [3.8, 4) is 5.75 Å². The van der Waals surface area contributed by atoms with Crippen molar-refractivity contribution in [3.05, 3.63) is 33.8 Å². The van der Waals surface area contributed by atoms with Crippen molar-refractivity contribution < 1.29 is 9.53 Å². The maximum atomic E-state index is 11.9. The molecule has 1 aromatic heterocycles. The number of aromatic nitrogens is 2. The summed E-state index contributed by atoms with van der Waals surface area (Å²) < 4.78 is 9.14. The Labute approximate surface area is 127 Å². The van der Waals surface area contributed by atoms with E-state index in [1.165, 1.54) is 11.5 Å². The molecule has 0 aliphatic carbocycles. The van der Waals surface area contributed by atoms with Gasteiger partial charge < -0.3 is 15.4 Å². The molecule has 0 aliphatic heterocycles. The fourth-order valence-electron chi connectivity index (χ4n) is 2.09. The lowest BCUT2D eigenvalue weighted by Gasteiger charge is -2.12. The highest BCUT2D eigenvalue weighted by Gasteiger charge is 2.09. The van der Waals surface area contributed by atoms with Crippen molar-refractivity contribution in [2.75, 3.05) is 12.4 Å². The highest BCUT2D eigenvalue weighted by Crippen LogP contribution is 2.26. The molecule has 7 heteroatoms. The number of methoxy groups -OCH3 is 1. The van der Waals surface area contributed by atoms with Crippen LogP contribution in [0, 0.1) is 20.8 Å². The molecule has 2 N–H and O–H groups in total. The maximum Gasteiger partial charge on any atom is 0.319 e. The van der Waals surface area contributed by atoms with E-state index in [4.69, 9.17) is 4.74 Å². The SMILES string of the molecule is COc1c(C)cc(NC(=O)NCc2snnc2C)cc1C. The predicted molar refractivity (Wildman–Crippen MR) is 83.0 cm³/mol. The Balaban J connectivity index is 1.98. The van der Waals surface area contributed by atoms with Crippen LogP contribution in [0.25, 0.3) is 0 Å². The number of benzene rings is 1. The van der Waals surface area contributed by atoms with Crippen molar-refractivity contribution >= 4 is 23.3 Å². The van der Waals surface area contributed by atoms with Crippen LogP contribution in [-0.4, -0.2) is 22.7 Å². The van der Waals surface area contributed by atoms with Crippen LogP contribution >= 0.6 is 11.5 Å². The van der Waals surface area contributed by atoms with E-state index in [1.807, 2.05) is 32.9 Å². The molecule has 1 aromatic carbocycles. The van der Waals surface area contributed by atoms with Gasteiger partial charge in [0.2, 0.25) is 0 Å². The first-order valence-electron chi connectivity index (χ1n) is 6.49. The molecular weight excluding hydrogens is 288 g/mol. The zero-order valence-electron chi connectivity index (χ0n) is 12.5. The quantitative estimate of drug-likeness (QED) is 0.910. The molecule has 0 radical (unpaired) electrons. The minimum absolute atomic E-state index is 0.258. The van der Waals surface area contributed by atoms with Gasteiger partial charge in [-0.3, -0.25) is 0 Å². The molecule has 2 rings (SSSR count). The lowest BCUT2D eigenvalue weighted by Crippen LogP contribution is -2.28. The smallest absolute Gasteiger partial charge is 0.319 e. The number of nitrogens with one attached hydrogen (secondary N) is 2. The molecule has 0 atom stereocenters. The highest BCUT2D eigenvalue weighted by atomic mass is 32.1. The molecule has 21 heavy (non-hydrogen) atoms. The van der Waals surface area contributed by atoms with Crippen molar-refractivity contribution in [2.24, 2.45) is 0 Å². The summed E-state index contributed by atoms with van der Waals surface area (Å²) in [6.07, 6.45) is 0. The van der Waals surface area contributed by atoms with Crippen LogP contribution < -0.4 is 15.4 Å². The van der Waals surface area contributed by atoms with E-state index < -0.39 is 0 Å². The normalized spacial score (nSPS) is 10.3. The number of hydrogen-bond acceptors (Lipinski definition) is 5. The van der Waals surface area contributed by atoms with E-state index in [0.29, 0.717) is 6.54 Å². The van der Waals surface area contributed by atoms with Gasteiger partial charge in [0, 0.05) is 5.69 Å². The summed E-state index contributed by atoms with van der Waals surface area (Å²) in [4.78, 5) is 12.9. The first-order chi connectivity index (χ1) is 10.0.